The molecule has 1 aromatic rings. The van der Waals surface area contributed by atoms with Crippen molar-refractivity contribution >= 4 is 6.09 Å². The Morgan fingerprint density at radius 3 is 2.48 bits per heavy atom. The SMILES string of the molecule is CC(C)(C)OC(=O)N1Cc2cc(C(F)(F)F)ccc2CC1CO. The average Bonchev–Trinajstić information content (AvgIpc) is 2.42. The largest absolute Gasteiger partial charge is 0.444 e. The van der Waals surface area contributed by atoms with E-state index >= 15 is 0 Å². The molecule has 0 saturated heterocycles. The molecule has 0 aliphatic carbocycles. The summed E-state index contributed by atoms with van der Waals surface area (Å²) in [5.41, 5.74) is -0.333. The van der Waals surface area contributed by atoms with Crippen molar-refractivity contribution in [1.29, 1.82) is 0 Å². The van der Waals surface area contributed by atoms with Crippen molar-refractivity contribution in [3.05, 3.63) is 34.9 Å². The van der Waals surface area contributed by atoms with Crippen molar-refractivity contribution in [2.75, 3.05) is 6.61 Å². The highest BCUT2D eigenvalue weighted by atomic mass is 19.4. The van der Waals surface area contributed by atoms with Gasteiger partial charge in [0.05, 0.1) is 18.2 Å². The van der Waals surface area contributed by atoms with Crippen LogP contribution in [0.25, 0.3) is 0 Å². The van der Waals surface area contributed by atoms with Crippen LogP contribution in [0.15, 0.2) is 18.2 Å². The third-order valence-electron chi connectivity index (χ3n) is 3.61. The molecule has 0 saturated carbocycles. The molecular weight excluding hydrogens is 311 g/mol. The quantitative estimate of drug-likeness (QED) is 0.858. The normalized spacial score (nSPS) is 18.6. The summed E-state index contributed by atoms with van der Waals surface area (Å²) in [4.78, 5) is 13.5. The van der Waals surface area contributed by atoms with Gasteiger partial charge in [0.2, 0.25) is 0 Å². The van der Waals surface area contributed by atoms with E-state index < -0.39 is 29.5 Å². The molecule has 1 aliphatic rings. The molecule has 0 fully saturated rings. The van der Waals surface area contributed by atoms with Gasteiger partial charge in [-0.2, -0.15) is 13.2 Å². The molecule has 0 radical (unpaired) electrons. The van der Waals surface area contributed by atoms with Crippen LogP contribution in [-0.4, -0.2) is 34.3 Å². The Kier molecular flexibility index (Phi) is 4.61. The number of hydrogen-bond acceptors (Lipinski definition) is 3. The molecule has 0 bridgehead atoms. The average molecular weight is 331 g/mol. The van der Waals surface area contributed by atoms with E-state index in [0.29, 0.717) is 17.5 Å². The lowest BCUT2D eigenvalue weighted by molar-refractivity contribution is -0.137. The molecule has 1 aliphatic heterocycles. The predicted octanol–water partition coefficient (Wildman–Crippen LogP) is 3.36. The summed E-state index contributed by atoms with van der Waals surface area (Å²) in [5.74, 6) is 0. The second-order valence-electron chi connectivity index (χ2n) is 6.63. The van der Waals surface area contributed by atoms with Crippen molar-refractivity contribution in [2.24, 2.45) is 0 Å². The van der Waals surface area contributed by atoms with Crippen LogP contribution >= 0.6 is 0 Å². The lowest BCUT2D eigenvalue weighted by atomic mass is 9.93. The third kappa shape index (κ3) is 4.16. The minimum atomic E-state index is -4.43. The highest BCUT2D eigenvalue weighted by Crippen LogP contribution is 2.33. The molecule has 0 aromatic heterocycles. The van der Waals surface area contributed by atoms with Gasteiger partial charge in [-0.15, -0.1) is 0 Å². The fourth-order valence-electron chi connectivity index (χ4n) is 2.52. The van der Waals surface area contributed by atoms with Crippen molar-refractivity contribution in [3.63, 3.8) is 0 Å². The fraction of sp³-hybridized carbons (Fsp3) is 0.562. The number of aliphatic hydroxyl groups is 1. The molecule has 1 heterocycles. The fourth-order valence-corrected chi connectivity index (χ4v) is 2.52. The van der Waals surface area contributed by atoms with Crippen LogP contribution in [-0.2, 0) is 23.9 Å². The maximum Gasteiger partial charge on any atom is 0.416 e. The van der Waals surface area contributed by atoms with Crippen molar-refractivity contribution in [2.45, 2.75) is 51.6 Å². The Morgan fingerprint density at radius 2 is 1.96 bits per heavy atom. The minimum absolute atomic E-state index is 0.0145. The van der Waals surface area contributed by atoms with Gasteiger partial charge in [-0.25, -0.2) is 4.79 Å². The zero-order chi connectivity index (χ0) is 17.4. The van der Waals surface area contributed by atoms with Gasteiger partial charge in [0.25, 0.3) is 0 Å². The van der Waals surface area contributed by atoms with E-state index in [-0.39, 0.29) is 13.2 Å². The number of halogens is 3. The van der Waals surface area contributed by atoms with Gasteiger partial charge >= 0.3 is 12.3 Å². The molecular formula is C16H20F3NO3. The van der Waals surface area contributed by atoms with Crippen molar-refractivity contribution in [1.82, 2.24) is 4.90 Å². The van der Waals surface area contributed by atoms with Crippen LogP contribution in [0.4, 0.5) is 18.0 Å². The van der Waals surface area contributed by atoms with Crippen LogP contribution in [0.1, 0.15) is 37.5 Å². The standard InChI is InChI=1S/C16H20F3NO3/c1-15(2,3)23-14(22)20-8-11-6-12(16(17,18)19)5-4-10(11)7-13(20)9-21/h4-6,13,21H,7-9H2,1-3H3. The summed E-state index contributed by atoms with van der Waals surface area (Å²) in [6, 6.07) is 2.98. The van der Waals surface area contributed by atoms with E-state index in [0.717, 1.165) is 12.1 Å². The molecule has 2 rings (SSSR count). The van der Waals surface area contributed by atoms with E-state index in [1.54, 1.807) is 20.8 Å². The highest BCUT2D eigenvalue weighted by molar-refractivity contribution is 5.69. The van der Waals surface area contributed by atoms with E-state index in [1.807, 2.05) is 0 Å². The first-order valence-corrected chi connectivity index (χ1v) is 7.31. The van der Waals surface area contributed by atoms with E-state index in [1.165, 1.54) is 11.0 Å². The summed E-state index contributed by atoms with van der Waals surface area (Å²) < 4.78 is 43.8. The molecule has 1 atom stereocenters. The van der Waals surface area contributed by atoms with Gasteiger partial charge in [-0.1, -0.05) is 6.07 Å². The zero-order valence-electron chi connectivity index (χ0n) is 13.3. The number of benzene rings is 1. The first kappa shape index (κ1) is 17.6. The summed E-state index contributed by atoms with van der Waals surface area (Å²) in [5, 5.41) is 9.49. The van der Waals surface area contributed by atoms with E-state index in [9.17, 15) is 23.1 Å². The molecule has 128 valence electrons. The third-order valence-corrected chi connectivity index (χ3v) is 3.61. The lowest BCUT2D eigenvalue weighted by Crippen LogP contribution is -2.48. The van der Waals surface area contributed by atoms with Gasteiger partial charge in [0.15, 0.2) is 0 Å². The maximum absolute atomic E-state index is 12.8. The van der Waals surface area contributed by atoms with Crippen molar-refractivity contribution < 1.29 is 27.8 Å². The number of ether oxygens (including phenoxy) is 1. The molecule has 23 heavy (non-hydrogen) atoms. The van der Waals surface area contributed by atoms with Crippen LogP contribution in [0.3, 0.4) is 0 Å². The summed E-state index contributed by atoms with van der Waals surface area (Å²) >= 11 is 0. The topological polar surface area (TPSA) is 49.8 Å². The van der Waals surface area contributed by atoms with Gasteiger partial charge in [0.1, 0.15) is 5.60 Å². The van der Waals surface area contributed by atoms with Gasteiger partial charge in [-0.05, 0) is 50.5 Å². The van der Waals surface area contributed by atoms with Crippen LogP contribution in [0.5, 0.6) is 0 Å². The number of aliphatic hydroxyl groups excluding tert-OH is 1. The number of carbonyl (C=O) groups is 1. The van der Waals surface area contributed by atoms with Crippen molar-refractivity contribution in [3.8, 4) is 0 Å². The Morgan fingerprint density at radius 1 is 1.30 bits per heavy atom. The molecule has 0 spiro atoms. The Hall–Kier alpha value is -1.76. The Labute approximate surface area is 132 Å². The molecule has 4 nitrogen and oxygen atoms in total. The molecule has 1 N–H and O–H groups in total. The van der Waals surface area contributed by atoms with Gasteiger partial charge in [0, 0.05) is 6.54 Å². The molecule has 1 amide bonds. The van der Waals surface area contributed by atoms with Crippen LogP contribution < -0.4 is 0 Å². The molecule has 1 unspecified atom stereocenters. The van der Waals surface area contributed by atoms with Gasteiger partial charge < -0.3 is 9.84 Å². The zero-order valence-corrected chi connectivity index (χ0v) is 13.3. The summed E-state index contributed by atoms with van der Waals surface area (Å²) in [6.45, 7) is 4.83. The Balaban J connectivity index is 2.29. The second-order valence-corrected chi connectivity index (χ2v) is 6.63. The minimum Gasteiger partial charge on any atom is -0.444 e. The number of carbonyl (C=O) groups excluding carboxylic acids is 1. The number of rotatable bonds is 1. The van der Waals surface area contributed by atoms with E-state index in [2.05, 4.69) is 0 Å². The van der Waals surface area contributed by atoms with E-state index in [4.69, 9.17) is 4.74 Å². The number of nitrogens with zero attached hydrogens (tertiary/aromatic N) is 1. The number of fused-ring (bicyclic) bond motifs is 1. The predicted molar refractivity (Wildman–Crippen MR) is 77.8 cm³/mol. The summed E-state index contributed by atoms with van der Waals surface area (Å²) in [6.07, 6.45) is -4.78. The summed E-state index contributed by atoms with van der Waals surface area (Å²) in [7, 11) is 0. The highest BCUT2D eigenvalue weighted by Gasteiger charge is 2.35. The molecule has 1 aromatic carbocycles. The monoisotopic (exact) mass is 331 g/mol. The molecule has 7 heteroatoms. The number of amides is 1. The smallest absolute Gasteiger partial charge is 0.416 e. The van der Waals surface area contributed by atoms with Crippen LogP contribution in [0, 0.1) is 0 Å². The van der Waals surface area contributed by atoms with Crippen LogP contribution in [0.2, 0.25) is 0 Å². The second kappa shape index (κ2) is 6.03. The maximum atomic E-state index is 12.8. The first-order valence-electron chi connectivity index (χ1n) is 7.31. The Bertz CT molecular complexity index is 593. The lowest BCUT2D eigenvalue weighted by Gasteiger charge is -2.37. The number of hydrogen-bond donors (Lipinski definition) is 1. The number of alkyl halides is 3. The first-order chi connectivity index (χ1) is 10.5. The van der Waals surface area contributed by atoms with Gasteiger partial charge in [-0.3, -0.25) is 4.90 Å².